The summed E-state index contributed by atoms with van der Waals surface area (Å²) in [5.41, 5.74) is 0.998. The summed E-state index contributed by atoms with van der Waals surface area (Å²) in [6.45, 7) is 2.32. The first-order valence-electron chi connectivity index (χ1n) is 6.83. The van der Waals surface area contributed by atoms with Crippen molar-refractivity contribution < 1.29 is 18.3 Å². The van der Waals surface area contributed by atoms with Crippen LogP contribution in [0.15, 0.2) is 30.3 Å². The van der Waals surface area contributed by atoms with Gasteiger partial charge in [0.1, 0.15) is 5.92 Å². The first-order valence-corrected chi connectivity index (χ1v) is 6.83. The van der Waals surface area contributed by atoms with Gasteiger partial charge in [-0.3, -0.25) is 9.69 Å². The highest BCUT2D eigenvalue weighted by atomic mass is 19.3. The molecule has 1 heterocycles. The number of carbonyl (C=O) groups is 1. The van der Waals surface area contributed by atoms with E-state index < -0.39 is 24.4 Å². The SMILES string of the molecule is CCOC(=O)[C@@H]1CCN(Cc2ccccc2)CC1(F)F. The van der Waals surface area contributed by atoms with Crippen LogP contribution in [0.2, 0.25) is 0 Å². The molecule has 2 rings (SSSR count). The zero-order valence-corrected chi connectivity index (χ0v) is 11.5. The number of hydrogen-bond acceptors (Lipinski definition) is 3. The molecule has 1 fully saturated rings. The van der Waals surface area contributed by atoms with Crippen LogP contribution >= 0.6 is 0 Å². The number of halogens is 2. The molecule has 0 bridgehead atoms. The molecule has 0 amide bonds. The molecule has 0 N–H and O–H groups in total. The summed E-state index contributed by atoms with van der Waals surface area (Å²) in [6.07, 6.45) is 0.138. The molecule has 3 nitrogen and oxygen atoms in total. The molecule has 5 heteroatoms. The molecule has 0 radical (unpaired) electrons. The quantitative estimate of drug-likeness (QED) is 0.796. The lowest BCUT2D eigenvalue weighted by Crippen LogP contribution is -2.51. The highest BCUT2D eigenvalue weighted by Gasteiger charge is 2.49. The molecule has 110 valence electrons. The lowest BCUT2D eigenvalue weighted by atomic mass is 9.92. The Morgan fingerprint density at radius 2 is 2.10 bits per heavy atom. The maximum atomic E-state index is 14.1. The lowest BCUT2D eigenvalue weighted by molar-refractivity contribution is -0.173. The summed E-state index contributed by atoms with van der Waals surface area (Å²) < 4.78 is 32.8. The summed E-state index contributed by atoms with van der Waals surface area (Å²) in [5, 5.41) is 0. The monoisotopic (exact) mass is 283 g/mol. The highest BCUT2D eigenvalue weighted by molar-refractivity contribution is 5.73. The molecule has 1 aromatic rings. The minimum atomic E-state index is -3.03. The van der Waals surface area contributed by atoms with Crippen LogP contribution in [0.4, 0.5) is 8.78 Å². The van der Waals surface area contributed by atoms with E-state index in [1.165, 1.54) is 0 Å². The third-order valence-corrected chi connectivity index (χ3v) is 3.50. The van der Waals surface area contributed by atoms with Crippen molar-refractivity contribution in [2.75, 3.05) is 19.7 Å². The van der Waals surface area contributed by atoms with Crippen LogP contribution in [0.5, 0.6) is 0 Å². The van der Waals surface area contributed by atoms with Crippen LogP contribution in [0, 0.1) is 5.92 Å². The second-order valence-electron chi connectivity index (χ2n) is 5.05. The Morgan fingerprint density at radius 3 is 2.70 bits per heavy atom. The average molecular weight is 283 g/mol. The Bertz CT molecular complexity index is 450. The summed E-state index contributed by atoms with van der Waals surface area (Å²) in [4.78, 5) is 13.2. The van der Waals surface area contributed by atoms with E-state index in [1.54, 1.807) is 11.8 Å². The van der Waals surface area contributed by atoms with E-state index in [9.17, 15) is 13.6 Å². The van der Waals surface area contributed by atoms with Crippen LogP contribution < -0.4 is 0 Å². The Morgan fingerprint density at radius 1 is 1.40 bits per heavy atom. The van der Waals surface area contributed by atoms with Gasteiger partial charge in [0.25, 0.3) is 5.92 Å². The molecule has 1 atom stereocenters. The summed E-state index contributed by atoms with van der Waals surface area (Å²) in [6, 6.07) is 9.49. The molecular weight excluding hydrogens is 264 g/mol. The van der Waals surface area contributed by atoms with Crippen molar-refractivity contribution >= 4 is 5.97 Å². The summed E-state index contributed by atoms with van der Waals surface area (Å²) in [7, 11) is 0. The van der Waals surface area contributed by atoms with Gasteiger partial charge in [-0.2, -0.15) is 0 Å². The predicted molar refractivity (Wildman–Crippen MR) is 71.4 cm³/mol. The van der Waals surface area contributed by atoms with Crippen LogP contribution in [-0.2, 0) is 16.1 Å². The number of nitrogens with zero attached hydrogens (tertiary/aromatic N) is 1. The van der Waals surface area contributed by atoms with Crippen LogP contribution in [-0.4, -0.2) is 36.5 Å². The van der Waals surface area contributed by atoms with Crippen molar-refractivity contribution in [1.29, 1.82) is 0 Å². The van der Waals surface area contributed by atoms with Crippen molar-refractivity contribution in [2.45, 2.75) is 25.8 Å². The number of benzene rings is 1. The van der Waals surface area contributed by atoms with Gasteiger partial charge < -0.3 is 4.74 Å². The zero-order chi connectivity index (χ0) is 14.6. The number of carbonyl (C=O) groups excluding carboxylic acids is 1. The summed E-state index contributed by atoms with van der Waals surface area (Å²) in [5.74, 6) is -5.12. The van der Waals surface area contributed by atoms with Gasteiger partial charge in [-0.1, -0.05) is 30.3 Å². The topological polar surface area (TPSA) is 29.5 Å². The van der Waals surface area contributed by atoms with Crippen LogP contribution in [0.3, 0.4) is 0 Å². The van der Waals surface area contributed by atoms with Gasteiger partial charge in [0.2, 0.25) is 0 Å². The van der Waals surface area contributed by atoms with Crippen molar-refractivity contribution in [2.24, 2.45) is 5.92 Å². The predicted octanol–water partition coefficient (Wildman–Crippen LogP) is 2.71. The maximum absolute atomic E-state index is 14.1. The first kappa shape index (κ1) is 14.9. The largest absolute Gasteiger partial charge is 0.466 e. The molecule has 0 aliphatic carbocycles. The second-order valence-corrected chi connectivity index (χ2v) is 5.05. The normalized spacial score (nSPS) is 22.4. The molecule has 0 unspecified atom stereocenters. The van der Waals surface area contributed by atoms with Gasteiger partial charge in [-0.15, -0.1) is 0 Å². The molecular formula is C15H19F2NO2. The van der Waals surface area contributed by atoms with E-state index in [4.69, 9.17) is 4.74 Å². The van der Waals surface area contributed by atoms with E-state index >= 15 is 0 Å². The molecule has 0 aromatic heterocycles. The van der Waals surface area contributed by atoms with Crippen molar-refractivity contribution in [3.63, 3.8) is 0 Å². The molecule has 0 spiro atoms. The van der Waals surface area contributed by atoms with Crippen molar-refractivity contribution in [3.05, 3.63) is 35.9 Å². The number of esters is 1. The number of hydrogen-bond donors (Lipinski definition) is 0. The lowest BCUT2D eigenvalue weighted by Gasteiger charge is -2.37. The van der Waals surface area contributed by atoms with Gasteiger partial charge in [-0.05, 0) is 25.5 Å². The molecule has 1 aromatic carbocycles. The number of ether oxygens (including phenoxy) is 1. The maximum Gasteiger partial charge on any atom is 0.315 e. The second kappa shape index (κ2) is 6.31. The van der Waals surface area contributed by atoms with Crippen LogP contribution in [0.1, 0.15) is 18.9 Å². The van der Waals surface area contributed by atoms with Crippen molar-refractivity contribution in [3.8, 4) is 0 Å². The zero-order valence-electron chi connectivity index (χ0n) is 11.5. The Labute approximate surface area is 117 Å². The fourth-order valence-electron chi connectivity index (χ4n) is 2.52. The Kier molecular flexibility index (Phi) is 4.70. The molecule has 1 aliphatic rings. The van der Waals surface area contributed by atoms with Gasteiger partial charge in [-0.25, -0.2) is 8.78 Å². The van der Waals surface area contributed by atoms with E-state index in [2.05, 4.69) is 0 Å². The Hall–Kier alpha value is -1.49. The fraction of sp³-hybridized carbons (Fsp3) is 0.533. The van der Waals surface area contributed by atoms with E-state index in [-0.39, 0.29) is 13.0 Å². The minimum Gasteiger partial charge on any atom is -0.466 e. The van der Waals surface area contributed by atoms with Gasteiger partial charge in [0, 0.05) is 6.54 Å². The molecule has 1 saturated heterocycles. The van der Waals surface area contributed by atoms with E-state index in [0.717, 1.165) is 5.56 Å². The summed E-state index contributed by atoms with van der Waals surface area (Å²) >= 11 is 0. The molecule has 20 heavy (non-hydrogen) atoms. The number of piperidine rings is 1. The van der Waals surface area contributed by atoms with Gasteiger partial charge >= 0.3 is 5.97 Å². The molecule has 1 aliphatic heterocycles. The standard InChI is InChI=1S/C15H19F2NO2/c1-2-20-14(19)13-8-9-18(11-15(13,16)17)10-12-6-4-3-5-7-12/h3-7,13H,2,8-11H2,1H3/t13-/m0/s1. The fourth-order valence-corrected chi connectivity index (χ4v) is 2.52. The van der Waals surface area contributed by atoms with E-state index in [0.29, 0.717) is 13.1 Å². The first-order chi connectivity index (χ1) is 9.53. The van der Waals surface area contributed by atoms with E-state index in [1.807, 2.05) is 30.3 Å². The van der Waals surface area contributed by atoms with Crippen LogP contribution in [0.25, 0.3) is 0 Å². The third-order valence-electron chi connectivity index (χ3n) is 3.50. The van der Waals surface area contributed by atoms with Gasteiger partial charge in [0.05, 0.1) is 13.2 Å². The minimum absolute atomic E-state index is 0.138. The van der Waals surface area contributed by atoms with Gasteiger partial charge in [0.15, 0.2) is 0 Å². The van der Waals surface area contributed by atoms with Crippen molar-refractivity contribution in [1.82, 2.24) is 4.90 Å². The smallest absolute Gasteiger partial charge is 0.315 e. The number of alkyl halides is 2. The third kappa shape index (κ3) is 3.54. The highest BCUT2D eigenvalue weighted by Crippen LogP contribution is 2.34. The number of rotatable bonds is 4. The number of likely N-dealkylation sites (tertiary alicyclic amines) is 1. The average Bonchev–Trinajstić information content (AvgIpc) is 2.39. The molecule has 0 saturated carbocycles. The Balaban J connectivity index is 1.97.